The molecule has 82 valence electrons. The number of methoxy groups -OCH3 is 2. The molecule has 0 aromatic carbocycles. The standard InChI is InChI=1S/C11H20O3/c1-8(13-6)11(12,9(2)14-7)10(3,4)5/h12H,1-2H2,3-7H3. The van der Waals surface area contributed by atoms with Gasteiger partial charge in [0, 0.05) is 5.41 Å². The predicted octanol–water partition coefficient (Wildman–Crippen LogP) is 2.08. The second-order valence-corrected chi connectivity index (χ2v) is 4.22. The lowest BCUT2D eigenvalue weighted by molar-refractivity contribution is -0.0636. The molecule has 3 heteroatoms. The van der Waals surface area contributed by atoms with Crippen molar-refractivity contribution in [3.05, 3.63) is 24.7 Å². The summed E-state index contributed by atoms with van der Waals surface area (Å²) in [4.78, 5) is 0. The molecule has 3 nitrogen and oxygen atoms in total. The smallest absolute Gasteiger partial charge is 0.182 e. The molecule has 0 fully saturated rings. The number of hydrogen-bond acceptors (Lipinski definition) is 3. The van der Waals surface area contributed by atoms with Crippen molar-refractivity contribution in [3.8, 4) is 0 Å². The molecule has 0 unspecified atom stereocenters. The van der Waals surface area contributed by atoms with Crippen LogP contribution in [0, 0.1) is 5.41 Å². The molecule has 0 aromatic rings. The van der Waals surface area contributed by atoms with Crippen molar-refractivity contribution in [2.75, 3.05) is 14.2 Å². The van der Waals surface area contributed by atoms with Crippen LogP contribution in [0.25, 0.3) is 0 Å². The van der Waals surface area contributed by atoms with Crippen molar-refractivity contribution < 1.29 is 14.6 Å². The van der Waals surface area contributed by atoms with Crippen LogP contribution >= 0.6 is 0 Å². The first kappa shape index (κ1) is 13.0. The molecule has 0 saturated heterocycles. The molecule has 0 atom stereocenters. The summed E-state index contributed by atoms with van der Waals surface area (Å²) >= 11 is 0. The molecule has 0 spiro atoms. The molecule has 0 heterocycles. The monoisotopic (exact) mass is 200 g/mol. The van der Waals surface area contributed by atoms with E-state index in [1.807, 2.05) is 20.8 Å². The molecule has 0 aliphatic carbocycles. The van der Waals surface area contributed by atoms with Crippen molar-refractivity contribution in [1.29, 1.82) is 0 Å². The minimum absolute atomic E-state index is 0.233. The van der Waals surface area contributed by atoms with E-state index in [0.29, 0.717) is 0 Å². The highest BCUT2D eigenvalue weighted by Gasteiger charge is 2.47. The average Bonchev–Trinajstić information content (AvgIpc) is 2.12. The Labute approximate surface area is 86.0 Å². The van der Waals surface area contributed by atoms with E-state index in [-0.39, 0.29) is 11.5 Å². The third-order valence-corrected chi connectivity index (χ3v) is 2.39. The summed E-state index contributed by atoms with van der Waals surface area (Å²) in [5.41, 5.74) is -1.87. The van der Waals surface area contributed by atoms with E-state index in [9.17, 15) is 5.11 Å². The summed E-state index contributed by atoms with van der Waals surface area (Å²) in [6, 6.07) is 0. The SMILES string of the molecule is C=C(OC)C(O)(C(=C)OC)C(C)(C)C. The molecule has 14 heavy (non-hydrogen) atoms. The molecule has 1 N–H and O–H groups in total. The van der Waals surface area contributed by atoms with Crippen LogP contribution in [0.2, 0.25) is 0 Å². The van der Waals surface area contributed by atoms with E-state index in [0.717, 1.165) is 0 Å². The summed E-state index contributed by atoms with van der Waals surface area (Å²) in [7, 11) is 2.92. The number of aliphatic hydroxyl groups is 1. The summed E-state index contributed by atoms with van der Waals surface area (Å²) in [5.74, 6) is 0.466. The van der Waals surface area contributed by atoms with Gasteiger partial charge in [-0.1, -0.05) is 33.9 Å². The fourth-order valence-electron chi connectivity index (χ4n) is 1.29. The second-order valence-electron chi connectivity index (χ2n) is 4.22. The van der Waals surface area contributed by atoms with Crippen molar-refractivity contribution in [1.82, 2.24) is 0 Å². The van der Waals surface area contributed by atoms with Gasteiger partial charge >= 0.3 is 0 Å². The second kappa shape index (κ2) is 4.05. The van der Waals surface area contributed by atoms with E-state index >= 15 is 0 Å². The Bertz CT molecular complexity index is 219. The molecule has 0 saturated carbocycles. The molecule has 0 rings (SSSR count). The Balaban J connectivity index is 5.27. The largest absolute Gasteiger partial charge is 0.498 e. The van der Waals surface area contributed by atoms with Crippen LogP contribution in [0.1, 0.15) is 20.8 Å². The molecule has 0 radical (unpaired) electrons. The lowest BCUT2D eigenvalue weighted by Gasteiger charge is -2.40. The van der Waals surface area contributed by atoms with E-state index in [4.69, 9.17) is 9.47 Å². The highest BCUT2D eigenvalue weighted by molar-refractivity contribution is 5.25. The minimum Gasteiger partial charge on any atom is -0.498 e. The van der Waals surface area contributed by atoms with Gasteiger partial charge in [-0.25, -0.2) is 0 Å². The molecule has 0 bridgehead atoms. The maximum atomic E-state index is 10.4. The molecular formula is C11H20O3. The fraction of sp³-hybridized carbons (Fsp3) is 0.636. The van der Waals surface area contributed by atoms with Gasteiger partial charge in [-0.15, -0.1) is 0 Å². The fourth-order valence-corrected chi connectivity index (χ4v) is 1.29. The first-order valence-electron chi connectivity index (χ1n) is 4.41. The maximum Gasteiger partial charge on any atom is 0.182 e. The van der Waals surface area contributed by atoms with E-state index in [1.54, 1.807) is 0 Å². The first-order chi connectivity index (χ1) is 6.21. The van der Waals surface area contributed by atoms with Crippen LogP contribution in [0.15, 0.2) is 24.7 Å². The lowest BCUT2D eigenvalue weighted by Crippen LogP contribution is -2.46. The van der Waals surface area contributed by atoms with Gasteiger partial charge in [-0.2, -0.15) is 0 Å². The van der Waals surface area contributed by atoms with Crippen molar-refractivity contribution in [2.24, 2.45) is 5.41 Å². The first-order valence-corrected chi connectivity index (χ1v) is 4.41. The molecule has 0 aliphatic rings. The number of hydrogen-bond donors (Lipinski definition) is 1. The van der Waals surface area contributed by atoms with Gasteiger partial charge in [-0.05, 0) is 0 Å². The van der Waals surface area contributed by atoms with E-state index < -0.39 is 11.0 Å². The van der Waals surface area contributed by atoms with Crippen LogP contribution in [-0.2, 0) is 9.47 Å². The van der Waals surface area contributed by atoms with Gasteiger partial charge in [-0.3, -0.25) is 0 Å². The zero-order valence-corrected chi connectivity index (χ0v) is 9.68. The van der Waals surface area contributed by atoms with Crippen LogP contribution in [-0.4, -0.2) is 24.9 Å². The number of ether oxygens (including phenoxy) is 2. The number of rotatable bonds is 4. The third kappa shape index (κ3) is 1.93. The van der Waals surface area contributed by atoms with Gasteiger partial charge in [0.15, 0.2) is 5.60 Å². The van der Waals surface area contributed by atoms with Crippen molar-refractivity contribution in [3.63, 3.8) is 0 Å². The van der Waals surface area contributed by atoms with E-state index in [2.05, 4.69) is 13.2 Å². The summed E-state index contributed by atoms with van der Waals surface area (Å²) in [5, 5.41) is 10.4. The minimum atomic E-state index is -1.38. The molecule has 0 aliphatic heterocycles. The zero-order valence-electron chi connectivity index (χ0n) is 9.68. The quantitative estimate of drug-likeness (QED) is 0.706. The van der Waals surface area contributed by atoms with Crippen LogP contribution in [0.4, 0.5) is 0 Å². The average molecular weight is 200 g/mol. The Morgan fingerprint density at radius 3 is 1.43 bits per heavy atom. The molecule has 0 aromatic heterocycles. The van der Waals surface area contributed by atoms with Gasteiger partial charge < -0.3 is 14.6 Å². The van der Waals surface area contributed by atoms with Gasteiger partial charge in [0.25, 0.3) is 0 Å². The summed E-state index contributed by atoms with van der Waals surface area (Å²) in [6.45, 7) is 12.9. The maximum absolute atomic E-state index is 10.4. The molecule has 0 amide bonds. The lowest BCUT2D eigenvalue weighted by atomic mass is 9.74. The highest BCUT2D eigenvalue weighted by Crippen LogP contribution is 2.41. The third-order valence-electron chi connectivity index (χ3n) is 2.39. The van der Waals surface area contributed by atoms with Gasteiger partial charge in [0.1, 0.15) is 11.5 Å². The van der Waals surface area contributed by atoms with Crippen LogP contribution in [0.5, 0.6) is 0 Å². The van der Waals surface area contributed by atoms with Crippen LogP contribution in [0.3, 0.4) is 0 Å². The van der Waals surface area contributed by atoms with Gasteiger partial charge in [0.2, 0.25) is 0 Å². The highest BCUT2D eigenvalue weighted by atomic mass is 16.5. The topological polar surface area (TPSA) is 38.7 Å². The normalized spacial score (nSPS) is 12.1. The summed E-state index contributed by atoms with van der Waals surface area (Å²) in [6.07, 6.45) is 0. The predicted molar refractivity (Wildman–Crippen MR) is 56.7 cm³/mol. The zero-order chi connectivity index (χ0) is 11.6. The Morgan fingerprint density at radius 2 is 1.29 bits per heavy atom. The van der Waals surface area contributed by atoms with Crippen LogP contribution < -0.4 is 0 Å². The molecular weight excluding hydrogens is 180 g/mol. The van der Waals surface area contributed by atoms with Crippen molar-refractivity contribution >= 4 is 0 Å². The Morgan fingerprint density at radius 1 is 1.00 bits per heavy atom. The Hall–Kier alpha value is -0.960. The van der Waals surface area contributed by atoms with Crippen molar-refractivity contribution in [2.45, 2.75) is 26.4 Å². The van der Waals surface area contributed by atoms with Gasteiger partial charge in [0.05, 0.1) is 14.2 Å². The summed E-state index contributed by atoms with van der Waals surface area (Å²) < 4.78 is 9.96. The van der Waals surface area contributed by atoms with E-state index in [1.165, 1.54) is 14.2 Å². The Kier molecular flexibility index (Phi) is 3.77.